The van der Waals surface area contributed by atoms with E-state index in [1.165, 1.54) is 0 Å². The van der Waals surface area contributed by atoms with Crippen molar-refractivity contribution in [2.24, 2.45) is 0 Å². The molecule has 37 heavy (non-hydrogen) atoms. The van der Waals surface area contributed by atoms with Gasteiger partial charge in [0, 0.05) is 32.0 Å². The number of hydrogen-bond donors (Lipinski definition) is 1. The van der Waals surface area contributed by atoms with Gasteiger partial charge in [-0.1, -0.05) is 75.2 Å². The molecule has 0 radical (unpaired) electrons. The van der Waals surface area contributed by atoms with Gasteiger partial charge >= 0.3 is 5.69 Å². The minimum Gasteiger partial charge on any atom is -0.350 e. The highest BCUT2D eigenvalue weighted by Crippen LogP contribution is 2.30. The second kappa shape index (κ2) is 12.6. The number of H-pyrrole nitrogens is 1. The Balaban J connectivity index is 1.71. The lowest BCUT2D eigenvalue weighted by Crippen LogP contribution is -2.26. The van der Waals surface area contributed by atoms with Crippen LogP contribution in [-0.4, -0.2) is 44.0 Å². The lowest BCUT2D eigenvalue weighted by atomic mass is 9.98. The largest absolute Gasteiger partial charge is 0.350 e. The summed E-state index contributed by atoms with van der Waals surface area (Å²) in [5.74, 6) is 0.554. The van der Waals surface area contributed by atoms with Crippen LogP contribution >= 0.6 is 0 Å². The Morgan fingerprint density at radius 2 is 1.62 bits per heavy atom. The van der Waals surface area contributed by atoms with Crippen LogP contribution in [0, 0.1) is 0 Å². The average molecular weight is 505 g/mol. The fraction of sp³-hybridized carbons (Fsp3) is 0.429. The van der Waals surface area contributed by atoms with E-state index >= 15 is 0 Å². The highest BCUT2D eigenvalue weighted by Gasteiger charge is 2.26. The van der Waals surface area contributed by atoms with E-state index in [1.807, 2.05) is 33.4 Å². The standard InChI is InChI=1S/C28H36N6O3/c1-5-7-13-24-25(27(36-3)37-4)33(18-8-6-2)28(35)34(24)19-20-14-16-21(17-15-20)22-11-9-10-12-23(22)26-29-31-32-30-26/h9-12,14-17,27H,5-8,13,18-19H2,1-4H3,(H,29,30,31,32). The van der Waals surface area contributed by atoms with Crippen LogP contribution in [-0.2, 0) is 29.0 Å². The first kappa shape index (κ1) is 26.5. The predicted octanol–water partition coefficient (Wildman–Crippen LogP) is 4.98. The van der Waals surface area contributed by atoms with Crippen molar-refractivity contribution in [2.75, 3.05) is 14.2 Å². The Morgan fingerprint density at radius 3 is 2.24 bits per heavy atom. The molecule has 0 atom stereocenters. The summed E-state index contributed by atoms with van der Waals surface area (Å²) in [5, 5.41) is 14.5. The zero-order chi connectivity index (χ0) is 26.2. The summed E-state index contributed by atoms with van der Waals surface area (Å²) < 4.78 is 15.0. The van der Waals surface area contributed by atoms with E-state index in [9.17, 15) is 4.79 Å². The van der Waals surface area contributed by atoms with Crippen LogP contribution in [0.15, 0.2) is 53.3 Å². The molecule has 0 unspecified atom stereocenters. The topological polar surface area (TPSA) is 99.9 Å². The fourth-order valence-electron chi connectivity index (χ4n) is 4.72. The molecule has 196 valence electrons. The molecule has 0 bridgehead atoms. The number of benzene rings is 2. The molecule has 0 aliphatic heterocycles. The van der Waals surface area contributed by atoms with Gasteiger partial charge in [-0.15, -0.1) is 10.2 Å². The number of aromatic nitrogens is 6. The van der Waals surface area contributed by atoms with Crippen molar-refractivity contribution in [2.45, 2.75) is 65.3 Å². The maximum Gasteiger partial charge on any atom is 0.329 e. The smallest absolute Gasteiger partial charge is 0.329 e. The third-order valence-corrected chi connectivity index (χ3v) is 6.65. The van der Waals surface area contributed by atoms with Crippen LogP contribution in [0.25, 0.3) is 22.5 Å². The normalized spacial score (nSPS) is 11.5. The summed E-state index contributed by atoms with van der Waals surface area (Å²) in [6.07, 6.45) is 4.14. The van der Waals surface area contributed by atoms with E-state index in [2.05, 4.69) is 58.7 Å². The Labute approximate surface area is 217 Å². The van der Waals surface area contributed by atoms with Crippen LogP contribution in [0.3, 0.4) is 0 Å². The van der Waals surface area contributed by atoms with Crippen molar-refractivity contribution in [1.29, 1.82) is 0 Å². The Hall–Kier alpha value is -3.56. The van der Waals surface area contributed by atoms with Crippen LogP contribution in [0.5, 0.6) is 0 Å². The maximum atomic E-state index is 13.7. The number of nitrogens with zero attached hydrogens (tertiary/aromatic N) is 5. The van der Waals surface area contributed by atoms with Gasteiger partial charge < -0.3 is 9.47 Å². The number of aromatic amines is 1. The predicted molar refractivity (Wildman–Crippen MR) is 143 cm³/mol. The van der Waals surface area contributed by atoms with Gasteiger partial charge in [-0.2, -0.15) is 5.21 Å². The molecule has 0 fully saturated rings. The average Bonchev–Trinajstić information content (AvgIpc) is 3.55. The summed E-state index contributed by atoms with van der Waals surface area (Å²) >= 11 is 0. The Bertz CT molecular complexity index is 1320. The Morgan fingerprint density at radius 1 is 0.919 bits per heavy atom. The number of ether oxygens (including phenoxy) is 2. The first-order chi connectivity index (χ1) is 18.1. The molecule has 0 aliphatic carbocycles. The van der Waals surface area contributed by atoms with Gasteiger partial charge in [0.05, 0.1) is 12.2 Å². The van der Waals surface area contributed by atoms with Gasteiger partial charge in [0.25, 0.3) is 0 Å². The summed E-state index contributed by atoms with van der Waals surface area (Å²) in [5.41, 5.74) is 5.83. The highest BCUT2D eigenvalue weighted by atomic mass is 16.7. The number of rotatable bonds is 13. The van der Waals surface area contributed by atoms with E-state index in [0.717, 1.165) is 65.7 Å². The molecule has 0 saturated heterocycles. The van der Waals surface area contributed by atoms with Crippen molar-refractivity contribution in [3.05, 3.63) is 76.0 Å². The van der Waals surface area contributed by atoms with Crippen molar-refractivity contribution >= 4 is 0 Å². The van der Waals surface area contributed by atoms with Crippen molar-refractivity contribution in [1.82, 2.24) is 29.8 Å². The van der Waals surface area contributed by atoms with E-state index in [1.54, 1.807) is 14.2 Å². The van der Waals surface area contributed by atoms with E-state index in [0.29, 0.717) is 18.9 Å². The van der Waals surface area contributed by atoms with Gasteiger partial charge in [-0.3, -0.25) is 9.13 Å². The molecule has 1 N–H and O–H groups in total. The first-order valence-electron chi connectivity index (χ1n) is 12.9. The zero-order valence-corrected chi connectivity index (χ0v) is 22.1. The van der Waals surface area contributed by atoms with E-state index in [4.69, 9.17) is 9.47 Å². The van der Waals surface area contributed by atoms with Crippen LogP contribution in [0.4, 0.5) is 0 Å². The number of methoxy groups -OCH3 is 2. The summed E-state index contributed by atoms with van der Waals surface area (Å²) in [6, 6.07) is 16.3. The van der Waals surface area contributed by atoms with Crippen LogP contribution in [0.1, 0.15) is 62.8 Å². The minimum absolute atomic E-state index is 0.0137. The van der Waals surface area contributed by atoms with Gasteiger partial charge in [0.1, 0.15) is 0 Å². The molecule has 0 spiro atoms. The quantitative estimate of drug-likeness (QED) is 0.258. The number of imidazole rings is 1. The maximum absolute atomic E-state index is 13.7. The van der Waals surface area contributed by atoms with Gasteiger partial charge in [0.2, 0.25) is 5.82 Å². The minimum atomic E-state index is -0.582. The number of hydrogen-bond acceptors (Lipinski definition) is 6. The molecule has 0 aliphatic rings. The number of nitrogens with one attached hydrogen (secondary N) is 1. The lowest BCUT2D eigenvalue weighted by molar-refractivity contribution is -0.111. The zero-order valence-electron chi connectivity index (χ0n) is 22.1. The number of tetrazole rings is 1. The summed E-state index contributed by atoms with van der Waals surface area (Å²) in [4.78, 5) is 13.7. The molecule has 4 rings (SSSR count). The van der Waals surface area contributed by atoms with Crippen molar-refractivity contribution < 1.29 is 9.47 Å². The van der Waals surface area contributed by atoms with Crippen molar-refractivity contribution in [3.63, 3.8) is 0 Å². The second-order valence-electron chi connectivity index (χ2n) is 9.09. The number of unbranched alkanes of at least 4 members (excludes halogenated alkanes) is 2. The van der Waals surface area contributed by atoms with Crippen molar-refractivity contribution in [3.8, 4) is 22.5 Å². The molecule has 0 saturated carbocycles. The molecule has 2 aromatic carbocycles. The highest BCUT2D eigenvalue weighted by molar-refractivity contribution is 5.80. The lowest BCUT2D eigenvalue weighted by Gasteiger charge is -2.18. The van der Waals surface area contributed by atoms with Gasteiger partial charge in [-0.25, -0.2) is 4.79 Å². The third-order valence-electron chi connectivity index (χ3n) is 6.65. The second-order valence-corrected chi connectivity index (χ2v) is 9.09. The third kappa shape index (κ3) is 5.73. The first-order valence-corrected chi connectivity index (χ1v) is 12.9. The molecule has 4 aromatic rings. The molecular weight excluding hydrogens is 468 g/mol. The molecule has 2 heterocycles. The van der Waals surface area contributed by atoms with E-state index in [-0.39, 0.29) is 5.69 Å². The van der Waals surface area contributed by atoms with Crippen LogP contribution in [0.2, 0.25) is 0 Å². The molecular formula is C28H36N6O3. The van der Waals surface area contributed by atoms with E-state index < -0.39 is 6.29 Å². The van der Waals surface area contributed by atoms with Crippen LogP contribution < -0.4 is 5.69 Å². The monoisotopic (exact) mass is 504 g/mol. The van der Waals surface area contributed by atoms with Gasteiger partial charge in [-0.05, 0) is 41.2 Å². The molecule has 9 nitrogen and oxygen atoms in total. The summed E-state index contributed by atoms with van der Waals surface area (Å²) in [7, 11) is 3.24. The molecule has 9 heteroatoms. The SMILES string of the molecule is CCCCc1c(C(OC)OC)n(CCCC)c(=O)n1Cc1ccc(-c2ccccc2-c2nn[nH]n2)cc1. The van der Waals surface area contributed by atoms with Gasteiger partial charge in [0.15, 0.2) is 6.29 Å². The summed E-state index contributed by atoms with van der Waals surface area (Å²) in [6.45, 7) is 5.41. The molecule has 2 aromatic heterocycles. The fourth-order valence-corrected chi connectivity index (χ4v) is 4.72. The molecule has 0 amide bonds. The Kier molecular flexibility index (Phi) is 9.03.